The molecule has 2 aromatic rings. The van der Waals surface area contributed by atoms with Gasteiger partial charge in [0.1, 0.15) is 23.8 Å². The van der Waals surface area contributed by atoms with E-state index in [-0.39, 0.29) is 5.82 Å². The van der Waals surface area contributed by atoms with Crippen molar-refractivity contribution in [1.29, 1.82) is 0 Å². The first kappa shape index (κ1) is 19.1. The summed E-state index contributed by atoms with van der Waals surface area (Å²) in [5, 5.41) is 30.0. The number of ether oxygens (including phenoxy) is 1. The van der Waals surface area contributed by atoms with Crippen LogP contribution in [0.25, 0.3) is 11.2 Å². The lowest BCUT2D eigenvalue weighted by molar-refractivity contribution is -0.0511. The van der Waals surface area contributed by atoms with Crippen molar-refractivity contribution in [3.05, 3.63) is 19.0 Å². The van der Waals surface area contributed by atoms with Crippen molar-refractivity contribution in [2.45, 2.75) is 49.0 Å². The molecule has 0 spiro atoms. The second kappa shape index (κ2) is 8.31. The number of imidazole rings is 1. The fourth-order valence-electron chi connectivity index (χ4n) is 2.83. The summed E-state index contributed by atoms with van der Waals surface area (Å²) in [5.41, 5.74) is 6.81. The number of aliphatic hydroxyl groups is 3. The molecule has 0 aromatic carbocycles. The third kappa shape index (κ3) is 3.69. The Morgan fingerprint density at radius 3 is 2.81 bits per heavy atom. The Kier molecular flexibility index (Phi) is 6.09. The molecule has 9 nitrogen and oxygen atoms in total. The maximum Gasteiger partial charge on any atom is 0.191 e. The number of aliphatic hydroxyl groups excluding tert-OH is 3. The maximum absolute atomic E-state index is 10.2. The molecule has 0 saturated carbocycles. The Labute approximate surface area is 154 Å². The number of rotatable bonds is 8. The van der Waals surface area contributed by atoms with Crippen LogP contribution in [-0.4, -0.2) is 65.5 Å². The van der Waals surface area contributed by atoms with E-state index in [0.717, 1.165) is 25.0 Å². The molecule has 0 amide bonds. The Morgan fingerprint density at radius 2 is 2.12 bits per heavy atom. The zero-order chi connectivity index (χ0) is 18.7. The van der Waals surface area contributed by atoms with Crippen molar-refractivity contribution in [2.24, 2.45) is 0 Å². The van der Waals surface area contributed by atoms with E-state index in [1.807, 2.05) is 6.08 Å². The molecule has 4 atom stereocenters. The molecule has 0 aliphatic carbocycles. The van der Waals surface area contributed by atoms with Crippen molar-refractivity contribution in [3.8, 4) is 0 Å². The van der Waals surface area contributed by atoms with Crippen molar-refractivity contribution in [2.75, 3.05) is 18.1 Å². The van der Waals surface area contributed by atoms with Gasteiger partial charge in [-0.1, -0.05) is 17.8 Å². The van der Waals surface area contributed by atoms with E-state index in [4.69, 9.17) is 10.5 Å². The first-order valence-corrected chi connectivity index (χ1v) is 9.41. The summed E-state index contributed by atoms with van der Waals surface area (Å²) in [6.45, 7) is 3.30. The van der Waals surface area contributed by atoms with E-state index in [1.54, 1.807) is 0 Å². The van der Waals surface area contributed by atoms with Crippen LogP contribution in [0.2, 0.25) is 0 Å². The second-order valence-electron chi connectivity index (χ2n) is 6.08. The molecule has 26 heavy (non-hydrogen) atoms. The van der Waals surface area contributed by atoms with Crippen molar-refractivity contribution < 1.29 is 20.1 Å². The second-order valence-corrected chi connectivity index (χ2v) is 7.14. The van der Waals surface area contributed by atoms with Crippen LogP contribution in [0, 0.1) is 0 Å². The van der Waals surface area contributed by atoms with Gasteiger partial charge in [-0.3, -0.25) is 4.57 Å². The minimum absolute atomic E-state index is 0.245. The number of nitrogens with zero attached hydrogens (tertiary/aromatic N) is 4. The van der Waals surface area contributed by atoms with E-state index in [1.165, 1.54) is 22.7 Å². The number of anilines is 1. The predicted molar refractivity (Wildman–Crippen MR) is 97.5 cm³/mol. The van der Waals surface area contributed by atoms with Gasteiger partial charge in [0.2, 0.25) is 0 Å². The number of fused-ring (bicyclic) bond motifs is 1. The highest BCUT2D eigenvalue weighted by Gasteiger charge is 2.44. The van der Waals surface area contributed by atoms with Gasteiger partial charge < -0.3 is 25.8 Å². The number of aromatic nitrogens is 4. The molecule has 0 radical (unpaired) electrons. The van der Waals surface area contributed by atoms with Crippen LogP contribution in [0.1, 0.15) is 25.5 Å². The van der Waals surface area contributed by atoms with Crippen molar-refractivity contribution in [1.82, 2.24) is 19.5 Å². The van der Waals surface area contributed by atoms with Crippen LogP contribution < -0.4 is 5.73 Å². The van der Waals surface area contributed by atoms with Gasteiger partial charge in [0.25, 0.3) is 0 Å². The zero-order valence-electron chi connectivity index (χ0n) is 14.2. The fourth-order valence-corrected chi connectivity index (χ4v) is 3.68. The van der Waals surface area contributed by atoms with Crippen LogP contribution >= 0.6 is 11.8 Å². The summed E-state index contributed by atoms with van der Waals surface area (Å²) < 4.78 is 7.06. The normalized spacial score (nSPS) is 25.8. The molecule has 0 unspecified atom stereocenters. The largest absolute Gasteiger partial charge is 0.394 e. The summed E-state index contributed by atoms with van der Waals surface area (Å²) in [6.07, 6.45) is 2.18. The average molecular weight is 381 g/mol. The number of thioether (sulfide) groups is 1. The third-order valence-electron chi connectivity index (χ3n) is 4.25. The highest BCUT2D eigenvalue weighted by molar-refractivity contribution is 7.99. The SMILES string of the molecule is C=CCCCCSc1nc(N)c2ncn([C@@H]3O[C@H](CO)[C@@H](O)[C@H]3O)c2n1. The molecule has 142 valence electrons. The van der Waals surface area contributed by atoms with Gasteiger partial charge in [0.15, 0.2) is 22.8 Å². The number of unbranched alkanes of at least 4 members (excludes halogenated alkanes) is 2. The number of hydrogen-bond donors (Lipinski definition) is 4. The smallest absolute Gasteiger partial charge is 0.191 e. The summed E-state index contributed by atoms with van der Waals surface area (Å²) in [7, 11) is 0. The molecular formula is C16H23N5O4S. The molecule has 1 fully saturated rings. The molecular weight excluding hydrogens is 358 g/mol. The van der Waals surface area contributed by atoms with Crippen LogP contribution in [0.3, 0.4) is 0 Å². The summed E-state index contributed by atoms with van der Waals surface area (Å²) in [6, 6.07) is 0. The molecule has 0 bridgehead atoms. The van der Waals surface area contributed by atoms with Gasteiger partial charge in [-0.2, -0.15) is 0 Å². The predicted octanol–water partition coefficient (Wildman–Crippen LogP) is 0.468. The Balaban J connectivity index is 1.82. The van der Waals surface area contributed by atoms with Gasteiger partial charge in [-0.25, -0.2) is 15.0 Å². The minimum Gasteiger partial charge on any atom is -0.394 e. The zero-order valence-corrected chi connectivity index (χ0v) is 15.0. The first-order valence-electron chi connectivity index (χ1n) is 8.43. The minimum atomic E-state index is -1.21. The fraction of sp³-hybridized carbons (Fsp3) is 0.562. The average Bonchev–Trinajstić information content (AvgIpc) is 3.17. The standard InChI is InChI=1S/C16H23N5O4S/c1-2-3-4-5-6-26-16-19-13(17)10-14(20-16)21(8-18-10)15-12(24)11(23)9(7-22)25-15/h2,8-9,11-12,15,22-24H,1,3-7H2,(H2,17,19,20)/t9-,11-,12-,15-/m1/s1. The highest BCUT2D eigenvalue weighted by Crippen LogP contribution is 2.32. The van der Waals surface area contributed by atoms with Crippen molar-refractivity contribution >= 4 is 28.7 Å². The molecule has 3 heterocycles. The van der Waals surface area contributed by atoms with Gasteiger partial charge in [-0.05, 0) is 19.3 Å². The first-order chi connectivity index (χ1) is 12.6. The summed E-state index contributed by atoms with van der Waals surface area (Å²) >= 11 is 1.49. The van der Waals surface area contributed by atoms with E-state index in [9.17, 15) is 15.3 Å². The Morgan fingerprint density at radius 1 is 1.31 bits per heavy atom. The topological polar surface area (TPSA) is 140 Å². The van der Waals surface area contributed by atoms with E-state index in [0.29, 0.717) is 16.3 Å². The number of nitrogen functional groups attached to an aromatic ring is 1. The van der Waals surface area contributed by atoms with Crippen LogP contribution in [0.4, 0.5) is 5.82 Å². The Bertz CT molecular complexity index is 770. The van der Waals surface area contributed by atoms with Gasteiger partial charge in [0, 0.05) is 5.75 Å². The molecule has 1 saturated heterocycles. The quantitative estimate of drug-likeness (QED) is 0.222. The molecule has 3 rings (SSSR count). The third-order valence-corrected chi connectivity index (χ3v) is 5.19. The van der Waals surface area contributed by atoms with Crippen molar-refractivity contribution in [3.63, 3.8) is 0 Å². The van der Waals surface area contributed by atoms with Gasteiger partial charge in [0.05, 0.1) is 12.9 Å². The van der Waals surface area contributed by atoms with Gasteiger partial charge in [-0.15, -0.1) is 6.58 Å². The lowest BCUT2D eigenvalue weighted by Gasteiger charge is -2.16. The molecule has 10 heteroatoms. The lowest BCUT2D eigenvalue weighted by Crippen LogP contribution is -2.33. The molecule has 1 aliphatic rings. The summed E-state index contributed by atoms with van der Waals surface area (Å²) in [5.74, 6) is 1.09. The number of allylic oxidation sites excluding steroid dienone is 1. The van der Waals surface area contributed by atoms with Crippen LogP contribution in [0.15, 0.2) is 24.1 Å². The molecule has 5 N–H and O–H groups in total. The maximum atomic E-state index is 10.2. The summed E-state index contributed by atoms with van der Waals surface area (Å²) in [4.78, 5) is 12.9. The monoisotopic (exact) mass is 381 g/mol. The van der Waals surface area contributed by atoms with Gasteiger partial charge >= 0.3 is 0 Å². The van der Waals surface area contributed by atoms with Crippen LogP contribution in [0.5, 0.6) is 0 Å². The Hall–Kier alpha value is -1.72. The van der Waals surface area contributed by atoms with E-state index < -0.39 is 31.1 Å². The van der Waals surface area contributed by atoms with Crippen LogP contribution in [-0.2, 0) is 4.74 Å². The lowest BCUT2D eigenvalue weighted by atomic mass is 10.1. The molecule has 2 aromatic heterocycles. The van der Waals surface area contributed by atoms with E-state index >= 15 is 0 Å². The highest BCUT2D eigenvalue weighted by atomic mass is 32.2. The number of hydrogen-bond acceptors (Lipinski definition) is 9. The number of nitrogens with two attached hydrogens (primary N) is 1. The van der Waals surface area contributed by atoms with E-state index in [2.05, 4.69) is 21.5 Å². The molecule has 1 aliphatic heterocycles.